The average molecular weight is 124 g/mol. The lowest BCUT2D eigenvalue weighted by Gasteiger charge is -0.412. The largest absolute Gasteiger partial charge is 0.412 e. The first-order valence-corrected chi connectivity index (χ1v) is 0. The van der Waals surface area contributed by atoms with Gasteiger partial charge in [0.1, 0.15) is 0 Å². The molecule has 0 amide bonds. The number of halogens is 2. The molecule has 0 saturated carbocycles. The van der Waals surface area contributed by atoms with Crippen molar-refractivity contribution in [2.45, 2.75) is 7.43 Å². The Morgan fingerprint density at radius 1 is 0.800 bits per heavy atom. The quantitative estimate of drug-likeness (QED) is 0.510. The van der Waals surface area contributed by atoms with E-state index in [1.54, 1.807) is 0 Å². The van der Waals surface area contributed by atoms with E-state index < -0.39 is 0 Å². The van der Waals surface area contributed by atoms with E-state index in [-0.39, 0.29) is 43.9 Å². The molecule has 0 radical (unpaired) electrons. The molecule has 0 fully saturated rings. The molecule has 0 bridgehead atoms. The van der Waals surface area contributed by atoms with Gasteiger partial charge >= 0.3 is 0 Å². The Hall–Kier alpha value is 0.500. The highest BCUT2D eigenvalue weighted by Crippen LogP contribution is 0.691. The van der Waals surface area contributed by atoms with Crippen LogP contribution in [0.1, 0.15) is 7.43 Å². The average Bonchev–Trinajstić information content (AvgIpc) is 0. The van der Waals surface area contributed by atoms with Crippen LogP contribution < -0.4 is 6.15 Å². The van der Waals surface area contributed by atoms with E-state index in [1.807, 2.05) is 0 Å². The normalized spacial score (nSPS) is 0. The maximum atomic E-state index is 0. The molecule has 4 heteroatoms. The van der Waals surface area contributed by atoms with Gasteiger partial charge in [-0.05, 0) is 0 Å². The minimum atomic E-state index is 0. The van der Waals surface area contributed by atoms with Gasteiger partial charge in [0, 0.05) is 0 Å². The van der Waals surface area contributed by atoms with Crippen molar-refractivity contribution in [2.75, 3.05) is 0 Å². The summed E-state index contributed by atoms with van der Waals surface area (Å²) in [5, 5.41) is 0. The van der Waals surface area contributed by atoms with Gasteiger partial charge in [-0.25, -0.2) is 0 Å². The SMILES string of the molecule is C.Cl.Cl.N.O. The molecule has 5 heavy (non-hydrogen) atoms. The molecule has 40 valence electrons. The highest BCUT2D eigenvalue weighted by Gasteiger charge is -0.0775. The molecular weight excluding hydrogens is 113 g/mol. The summed E-state index contributed by atoms with van der Waals surface area (Å²) in [6.07, 6.45) is 0. The summed E-state index contributed by atoms with van der Waals surface area (Å²) < 4.78 is 0. The minimum Gasteiger partial charge on any atom is -0.412 e. The van der Waals surface area contributed by atoms with Gasteiger partial charge in [-0.2, -0.15) is 0 Å². The zero-order chi connectivity index (χ0) is 0. The molecule has 0 rings (SSSR count). The Labute approximate surface area is 44.7 Å². The predicted molar refractivity (Wildman–Crippen MR) is 29.9 cm³/mol. The summed E-state index contributed by atoms with van der Waals surface area (Å²) in [7, 11) is 0. The first kappa shape index (κ1) is 446. The first-order chi connectivity index (χ1) is 0. The lowest BCUT2D eigenvalue weighted by Crippen LogP contribution is -0.481. The molecule has 0 heterocycles. The third kappa shape index (κ3) is 113. The van der Waals surface area contributed by atoms with Crippen LogP contribution in [0, 0.1) is 0 Å². The molecule has 0 aromatic heterocycles. The minimum absolute atomic E-state index is 0. The molecular formula is CH11Cl2NO. The zero-order valence-corrected chi connectivity index (χ0v) is 3.66. The molecule has 0 aliphatic rings. The van der Waals surface area contributed by atoms with Crippen LogP contribution in [-0.4, -0.2) is 5.48 Å². The highest BCUT2D eigenvalue weighted by molar-refractivity contribution is 5.85. The molecule has 0 aliphatic heterocycles. The summed E-state index contributed by atoms with van der Waals surface area (Å²) in [6.45, 7) is 0. The van der Waals surface area contributed by atoms with Crippen molar-refractivity contribution in [3.63, 3.8) is 0 Å². The molecule has 0 spiro atoms. The summed E-state index contributed by atoms with van der Waals surface area (Å²) in [5.41, 5.74) is 0. The van der Waals surface area contributed by atoms with E-state index >= 15 is 0 Å². The van der Waals surface area contributed by atoms with Gasteiger partial charge in [0.15, 0.2) is 0 Å². The van der Waals surface area contributed by atoms with Crippen LogP contribution in [0.2, 0.25) is 0 Å². The molecule has 0 aliphatic carbocycles. The third-order valence-electron chi connectivity index (χ3n) is 0. The lowest BCUT2D eigenvalue weighted by atomic mass is 12.0. The second-order valence-corrected chi connectivity index (χ2v) is 0. The molecule has 0 unspecified atom stereocenters. The topological polar surface area (TPSA) is 66.5 Å². The van der Waals surface area contributed by atoms with E-state index in [0.29, 0.717) is 0 Å². The summed E-state index contributed by atoms with van der Waals surface area (Å²) in [4.78, 5) is 0. The number of hydrogen-bond donors (Lipinski definition) is 1. The van der Waals surface area contributed by atoms with E-state index in [2.05, 4.69) is 0 Å². The van der Waals surface area contributed by atoms with Crippen molar-refractivity contribution in [1.82, 2.24) is 6.15 Å². The molecule has 0 aromatic rings. The van der Waals surface area contributed by atoms with E-state index in [0.717, 1.165) is 0 Å². The zero-order valence-electron chi connectivity index (χ0n) is 2.02. The van der Waals surface area contributed by atoms with Gasteiger partial charge in [0.25, 0.3) is 0 Å². The van der Waals surface area contributed by atoms with Crippen LogP contribution in [0.15, 0.2) is 0 Å². The van der Waals surface area contributed by atoms with Crippen molar-refractivity contribution >= 4 is 24.8 Å². The van der Waals surface area contributed by atoms with Crippen LogP contribution in [0.5, 0.6) is 0 Å². The second-order valence-electron chi connectivity index (χ2n) is 0. The molecule has 5 N–H and O–H groups in total. The van der Waals surface area contributed by atoms with Crippen molar-refractivity contribution in [2.24, 2.45) is 0 Å². The van der Waals surface area contributed by atoms with Crippen LogP contribution in [0.4, 0.5) is 0 Å². The maximum Gasteiger partial charge on any atom is -0.0776 e. The van der Waals surface area contributed by atoms with Crippen LogP contribution in [0.25, 0.3) is 0 Å². The van der Waals surface area contributed by atoms with E-state index in [9.17, 15) is 0 Å². The Kier molecular flexibility index (Phi) is 19600. The van der Waals surface area contributed by atoms with Crippen molar-refractivity contribution in [3.05, 3.63) is 0 Å². The smallest absolute Gasteiger partial charge is 0.0776 e. The molecule has 0 aromatic carbocycles. The van der Waals surface area contributed by atoms with Crippen molar-refractivity contribution in [3.8, 4) is 0 Å². The van der Waals surface area contributed by atoms with Crippen molar-refractivity contribution < 1.29 is 5.48 Å². The number of rotatable bonds is 0. The van der Waals surface area contributed by atoms with E-state index in [4.69, 9.17) is 0 Å². The molecule has 2 nitrogen and oxygen atoms in total. The lowest BCUT2D eigenvalue weighted by molar-refractivity contribution is 0.824. The van der Waals surface area contributed by atoms with Crippen molar-refractivity contribution in [1.29, 1.82) is 0 Å². The summed E-state index contributed by atoms with van der Waals surface area (Å²) in [5.74, 6) is 0. The Bertz CT molecular complexity index is 9.61. The van der Waals surface area contributed by atoms with Gasteiger partial charge in [0.2, 0.25) is 0 Å². The van der Waals surface area contributed by atoms with E-state index in [1.165, 1.54) is 0 Å². The Morgan fingerprint density at radius 2 is 0.800 bits per heavy atom. The fourth-order valence-corrected chi connectivity index (χ4v) is 0. The van der Waals surface area contributed by atoms with Gasteiger partial charge in [-0.15, -0.1) is 24.8 Å². The van der Waals surface area contributed by atoms with Gasteiger partial charge < -0.3 is 11.6 Å². The third-order valence-corrected chi connectivity index (χ3v) is 0. The first-order valence-electron chi connectivity index (χ1n) is 0. The summed E-state index contributed by atoms with van der Waals surface area (Å²) in [6, 6.07) is 0. The standard InChI is InChI=1S/CH4.2ClH.H3N.H2O/h1H4;2*1H;1H3;1H2. The van der Waals surface area contributed by atoms with Gasteiger partial charge in [-0.1, -0.05) is 7.43 Å². The van der Waals surface area contributed by atoms with Crippen LogP contribution in [-0.2, 0) is 0 Å². The second kappa shape index (κ2) is 221. The maximum absolute atomic E-state index is 0. The Morgan fingerprint density at radius 3 is 0.800 bits per heavy atom. The fraction of sp³-hybridized carbons (Fsp3) is 1.00. The molecule has 0 saturated heterocycles. The van der Waals surface area contributed by atoms with Gasteiger partial charge in [-0.3, -0.25) is 0 Å². The molecule has 0 atom stereocenters. The monoisotopic (exact) mass is 123 g/mol. The van der Waals surface area contributed by atoms with Gasteiger partial charge in [0.05, 0.1) is 0 Å². The predicted octanol–water partition coefficient (Wildman–Crippen LogP) is 0.817. The fourth-order valence-electron chi connectivity index (χ4n) is 0. The van der Waals surface area contributed by atoms with Crippen LogP contribution >= 0.6 is 24.8 Å². The number of hydrogen-bond acceptors (Lipinski definition) is 1. The highest BCUT2D eigenvalue weighted by atomic mass is 35.5. The van der Waals surface area contributed by atoms with Crippen LogP contribution in [0.3, 0.4) is 0 Å². The Balaban J connectivity index is 0. The summed E-state index contributed by atoms with van der Waals surface area (Å²) >= 11 is 0.